The molecule has 0 radical (unpaired) electrons. The smallest absolute Gasteiger partial charge is 0.475 e. The lowest BCUT2D eigenvalue weighted by Crippen LogP contribution is -2.36. The zero-order valence-corrected chi connectivity index (χ0v) is 20.1. The minimum absolute atomic E-state index is 0.0415. The number of halogens is 4. The molecule has 0 bridgehead atoms. The molecule has 2 atom stereocenters. The SMILES string of the molecule is Cn1ncc2cc(-c3ccc(C(=O)N[C@H]4CN[C@H](Cn5cccn5)C4)c(F)c3)ccc21.O=C(O)C(F)(F)F. The van der Waals surface area contributed by atoms with E-state index < -0.39 is 23.9 Å². The van der Waals surface area contributed by atoms with E-state index in [0.717, 1.165) is 35.0 Å². The molecule has 13 heteroatoms. The number of aromatic nitrogens is 4. The number of aryl methyl sites for hydroxylation is 1. The Labute approximate surface area is 214 Å². The fourth-order valence-corrected chi connectivity index (χ4v) is 4.19. The van der Waals surface area contributed by atoms with E-state index in [1.165, 1.54) is 6.07 Å². The van der Waals surface area contributed by atoms with Crippen molar-refractivity contribution in [3.63, 3.8) is 0 Å². The van der Waals surface area contributed by atoms with Crippen LogP contribution in [0, 0.1) is 5.82 Å². The first-order valence-corrected chi connectivity index (χ1v) is 11.5. The molecule has 1 saturated heterocycles. The highest BCUT2D eigenvalue weighted by molar-refractivity contribution is 5.95. The van der Waals surface area contributed by atoms with E-state index in [2.05, 4.69) is 20.8 Å². The number of alkyl halides is 3. The minimum Gasteiger partial charge on any atom is -0.475 e. The van der Waals surface area contributed by atoms with E-state index in [-0.39, 0.29) is 17.6 Å². The summed E-state index contributed by atoms with van der Waals surface area (Å²) in [6.45, 7) is 1.40. The van der Waals surface area contributed by atoms with Gasteiger partial charge in [-0.3, -0.25) is 14.2 Å². The zero-order valence-electron chi connectivity index (χ0n) is 20.1. The van der Waals surface area contributed by atoms with Crippen molar-refractivity contribution in [3.8, 4) is 11.1 Å². The Bertz CT molecular complexity index is 1430. The molecule has 1 aliphatic heterocycles. The molecule has 0 unspecified atom stereocenters. The number of carboxylic acid groups (broad SMARTS) is 1. The van der Waals surface area contributed by atoms with Crippen LogP contribution in [0.5, 0.6) is 0 Å². The average molecular weight is 532 g/mol. The molecule has 38 heavy (non-hydrogen) atoms. The minimum atomic E-state index is -5.08. The Hall–Kier alpha value is -4.26. The molecule has 1 fully saturated rings. The number of nitrogens with one attached hydrogen (secondary N) is 2. The molecular formula is C25H24F4N6O3. The molecule has 0 saturated carbocycles. The molecule has 0 spiro atoms. The summed E-state index contributed by atoms with van der Waals surface area (Å²) >= 11 is 0. The Morgan fingerprint density at radius 2 is 1.87 bits per heavy atom. The molecule has 200 valence electrons. The predicted molar refractivity (Wildman–Crippen MR) is 130 cm³/mol. The number of fused-ring (bicyclic) bond motifs is 1. The van der Waals surface area contributed by atoms with Crippen LogP contribution in [0.3, 0.4) is 0 Å². The van der Waals surface area contributed by atoms with Crippen LogP contribution in [-0.4, -0.2) is 61.3 Å². The second-order valence-corrected chi connectivity index (χ2v) is 8.78. The van der Waals surface area contributed by atoms with Crippen molar-refractivity contribution in [2.24, 2.45) is 7.05 Å². The topological polar surface area (TPSA) is 114 Å². The van der Waals surface area contributed by atoms with E-state index in [1.807, 2.05) is 42.2 Å². The number of rotatable bonds is 5. The van der Waals surface area contributed by atoms with Crippen molar-refractivity contribution in [1.29, 1.82) is 0 Å². The fourth-order valence-electron chi connectivity index (χ4n) is 4.19. The van der Waals surface area contributed by atoms with E-state index in [9.17, 15) is 22.4 Å². The molecule has 0 aliphatic carbocycles. The van der Waals surface area contributed by atoms with E-state index in [0.29, 0.717) is 6.54 Å². The number of hydrogen-bond donors (Lipinski definition) is 3. The summed E-state index contributed by atoms with van der Waals surface area (Å²) in [6, 6.07) is 12.7. The van der Waals surface area contributed by atoms with Gasteiger partial charge in [0.25, 0.3) is 5.91 Å². The van der Waals surface area contributed by atoms with Crippen LogP contribution >= 0.6 is 0 Å². The first-order chi connectivity index (χ1) is 18.0. The van der Waals surface area contributed by atoms with E-state index in [4.69, 9.17) is 9.90 Å². The third-order valence-corrected chi connectivity index (χ3v) is 6.06. The van der Waals surface area contributed by atoms with Gasteiger partial charge in [0.15, 0.2) is 0 Å². The normalized spacial score (nSPS) is 17.2. The lowest BCUT2D eigenvalue weighted by molar-refractivity contribution is -0.192. The molecule has 3 heterocycles. The van der Waals surface area contributed by atoms with Crippen molar-refractivity contribution >= 4 is 22.8 Å². The molecule has 2 aromatic carbocycles. The summed E-state index contributed by atoms with van der Waals surface area (Å²) in [5, 5.41) is 22.9. The summed E-state index contributed by atoms with van der Waals surface area (Å²) < 4.78 is 50.2. The molecule has 3 N–H and O–H groups in total. The van der Waals surface area contributed by atoms with Gasteiger partial charge in [0.1, 0.15) is 5.82 Å². The van der Waals surface area contributed by atoms with Crippen molar-refractivity contribution in [2.45, 2.75) is 31.2 Å². The van der Waals surface area contributed by atoms with Crippen LogP contribution in [0.1, 0.15) is 16.8 Å². The van der Waals surface area contributed by atoms with Crippen LogP contribution in [0.25, 0.3) is 22.0 Å². The Kier molecular flexibility index (Phi) is 7.76. The molecule has 2 aromatic heterocycles. The van der Waals surface area contributed by atoms with Gasteiger partial charge in [-0.2, -0.15) is 23.4 Å². The number of carboxylic acids is 1. The third kappa shape index (κ3) is 6.35. The number of benzene rings is 2. The van der Waals surface area contributed by atoms with E-state index >= 15 is 0 Å². The monoisotopic (exact) mass is 532 g/mol. The van der Waals surface area contributed by atoms with Gasteiger partial charge < -0.3 is 15.7 Å². The number of aliphatic carboxylic acids is 1. The van der Waals surface area contributed by atoms with Gasteiger partial charge in [-0.1, -0.05) is 12.1 Å². The Balaban J connectivity index is 0.000000426. The van der Waals surface area contributed by atoms with Gasteiger partial charge in [-0.05, 0) is 47.9 Å². The van der Waals surface area contributed by atoms with Crippen LogP contribution < -0.4 is 10.6 Å². The van der Waals surface area contributed by atoms with Crippen molar-refractivity contribution in [1.82, 2.24) is 30.2 Å². The standard InChI is InChI=1S/C23H23FN6O.C2HF3O2/c1-29-22-6-4-15(9-17(22)12-27-29)16-3-5-20(21(24)10-16)23(31)28-18-11-19(25-13-18)14-30-8-2-7-26-30;3-2(4,5)1(6)7/h2-10,12,18-19,25H,11,13-14H2,1H3,(H,28,31);(H,6,7)/t18-,19+;/m1./s1. The van der Waals surface area contributed by atoms with Gasteiger partial charge in [-0.15, -0.1) is 0 Å². The fraction of sp³-hybridized carbons (Fsp3) is 0.280. The maximum atomic E-state index is 14.8. The summed E-state index contributed by atoms with van der Waals surface area (Å²) in [7, 11) is 1.88. The highest BCUT2D eigenvalue weighted by Crippen LogP contribution is 2.26. The largest absolute Gasteiger partial charge is 0.490 e. The lowest BCUT2D eigenvalue weighted by atomic mass is 10.0. The summed E-state index contributed by atoms with van der Waals surface area (Å²) in [5.74, 6) is -3.67. The maximum absolute atomic E-state index is 14.8. The average Bonchev–Trinajstić information content (AvgIpc) is 3.61. The van der Waals surface area contributed by atoms with Crippen molar-refractivity contribution < 1.29 is 32.3 Å². The molecule has 5 rings (SSSR count). The molecule has 1 aliphatic rings. The summed E-state index contributed by atoms with van der Waals surface area (Å²) in [5.41, 5.74) is 2.67. The van der Waals surface area contributed by atoms with Crippen LogP contribution in [-0.2, 0) is 18.4 Å². The second-order valence-electron chi connectivity index (χ2n) is 8.78. The van der Waals surface area contributed by atoms with Gasteiger partial charge in [-0.25, -0.2) is 9.18 Å². The van der Waals surface area contributed by atoms with Crippen LogP contribution in [0.2, 0.25) is 0 Å². The van der Waals surface area contributed by atoms with Gasteiger partial charge in [0.2, 0.25) is 0 Å². The highest BCUT2D eigenvalue weighted by Gasteiger charge is 2.38. The molecule has 4 aromatic rings. The van der Waals surface area contributed by atoms with Crippen LogP contribution in [0.4, 0.5) is 17.6 Å². The number of carbonyl (C=O) groups is 2. The quantitative estimate of drug-likeness (QED) is 0.340. The molecule has 1 amide bonds. The lowest BCUT2D eigenvalue weighted by Gasteiger charge is -2.13. The molecule has 9 nitrogen and oxygen atoms in total. The van der Waals surface area contributed by atoms with Crippen molar-refractivity contribution in [2.75, 3.05) is 6.54 Å². The molecular weight excluding hydrogens is 508 g/mol. The highest BCUT2D eigenvalue weighted by atomic mass is 19.4. The zero-order chi connectivity index (χ0) is 27.4. The first kappa shape index (κ1) is 26.8. The third-order valence-electron chi connectivity index (χ3n) is 6.06. The van der Waals surface area contributed by atoms with E-state index in [1.54, 1.807) is 29.2 Å². The number of hydrogen-bond acceptors (Lipinski definition) is 5. The Morgan fingerprint density at radius 3 is 2.53 bits per heavy atom. The number of carbonyl (C=O) groups excluding carboxylic acids is 1. The van der Waals surface area contributed by atoms with Gasteiger partial charge in [0.05, 0.1) is 23.8 Å². The summed E-state index contributed by atoms with van der Waals surface area (Å²) in [4.78, 5) is 21.6. The Morgan fingerprint density at radius 1 is 1.16 bits per heavy atom. The van der Waals surface area contributed by atoms with Gasteiger partial charge >= 0.3 is 12.1 Å². The first-order valence-electron chi connectivity index (χ1n) is 11.5. The number of amides is 1. The number of nitrogens with zero attached hydrogens (tertiary/aromatic N) is 4. The van der Waals surface area contributed by atoms with Crippen LogP contribution in [0.15, 0.2) is 61.1 Å². The maximum Gasteiger partial charge on any atom is 0.490 e. The van der Waals surface area contributed by atoms with Gasteiger partial charge in [0, 0.05) is 43.5 Å². The van der Waals surface area contributed by atoms with Crippen molar-refractivity contribution in [3.05, 3.63) is 72.4 Å². The predicted octanol–water partition coefficient (Wildman–Crippen LogP) is 3.37. The summed E-state index contributed by atoms with van der Waals surface area (Å²) in [6.07, 6.45) is 1.13. The second kappa shape index (κ2) is 11.0.